The highest BCUT2D eigenvalue weighted by Crippen LogP contribution is 2.57. The molecule has 0 saturated carbocycles. The van der Waals surface area contributed by atoms with E-state index in [0.29, 0.717) is 5.56 Å². The van der Waals surface area contributed by atoms with Crippen molar-refractivity contribution in [2.45, 2.75) is 24.5 Å². The average molecular weight is 527 g/mol. The SMILES string of the molecule is Nc1nc(C#Cc2ccccc2)nc2c1ncn2C1O[C@H](COP(=O)(O)OP(=O)(O)O)[C@@H](O)[C@H]1O. The van der Waals surface area contributed by atoms with E-state index < -0.39 is 46.8 Å². The van der Waals surface area contributed by atoms with Crippen LogP contribution in [0.5, 0.6) is 0 Å². The Labute approximate surface area is 197 Å². The zero-order valence-electron chi connectivity index (χ0n) is 17.5. The monoisotopic (exact) mass is 527 g/mol. The summed E-state index contributed by atoms with van der Waals surface area (Å²) >= 11 is 0. The van der Waals surface area contributed by atoms with E-state index in [2.05, 4.69) is 35.6 Å². The van der Waals surface area contributed by atoms with Crippen molar-refractivity contribution in [3.8, 4) is 11.8 Å². The highest BCUT2D eigenvalue weighted by Gasteiger charge is 2.46. The molecule has 186 valence electrons. The Bertz CT molecular complexity index is 1380. The minimum Gasteiger partial charge on any atom is -0.387 e. The van der Waals surface area contributed by atoms with Crippen LogP contribution in [0.2, 0.25) is 0 Å². The van der Waals surface area contributed by atoms with Crippen molar-refractivity contribution in [2.24, 2.45) is 0 Å². The molecule has 15 nitrogen and oxygen atoms in total. The Morgan fingerprint density at radius 3 is 2.49 bits per heavy atom. The largest absolute Gasteiger partial charge is 0.481 e. The number of fused-ring (bicyclic) bond motifs is 1. The van der Waals surface area contributed by atoms with Gasteiger partial charge in [-0.25, -0.2) is 24.1 Å². The fraction of sp³-hybridized carbons (Fsp3) is 0.278. The standard InChI is InChI=1S/C18H19N5O10P2/c19-16-13-17(22-12(21-16)7-6-10-4-2-1-3-5-10)23(9-20-13)18-15(25)14(24)11(32-18)8-31-35(29,30)33-34(26,27)28/h1-5,9,11,14-15,18,24-25H,8H2,(H,29,30)(H2,19,21,22)(H2,26,27,28)/t11-,14-,15-,18?/m1/s1. The smallest absolute Gasteiger partial charge is 0.387 e. The average Bonchev–Trinajstić information content (AvgIpc) is 3.31. The quantitative estimate of drug-likeness (QED) is 0.178. The third-order valence-corrected chi connectivity index (χ3v) is 6.92. The number of nitrogens with two attached hydrogens (primary N) is 1. The lowest BCUT2D eigenvalue weighted by atomic mass is 10.1. The molecule has 2 unspecified atom stereocenters. The molecule has 3 heterocycles. The molecule has 0 spiro atoms. The number of rotatable bonds is 6. The normalized spacial score (nSPS) is 24.1. The summed E-state index contributed by atoms with van der Waals surface area (Å²) in [6.45, 7) is -0.847. The summed E-state index contributed by atoms with van der Waals surface area (Å²) in [6, 6.07) is 9.06. The molecule has 0 aliphatic carbocycles. The van der Waals surface area contributed by atoms with Gasteiger partial charge in [0.15, 0.2) is 17.7 Å². The fourth-order valence-corrected chi connectivity index (χ4v) is 4.85. The van der Waals surface area contributed by atoms with Gasteiger partial charge in [-0.2, -0.15) is 4.31 Å². The van der Waals surface area contributed by atoms with Crippen molar-refractivity contribution in [3.63, 3.8) is 0 Å². The molecule has 1 aromatic carbocycles. The van der Waals surface area contributed by atoms with Crippen LogP contribution in [0.3, 0.4) is 0 Å². The maximum absolute atomic E-state index is 11.7. The summed E-state index contributed by atoms with van der Waals surface area (Å²) < 4.78 is 37.4. The van der Waals surface area contributed by atoms with E-state index in [1.165, 1.54) is 10.9 Å². The van der Waals surface area contributed by atoms with E-state index in [1.807, 2.05) is 18.2 Å². The zero-order chi connectivity index (χ0) is 25.4. The van der Waals surface area contributed by atoms with E-state index in [-0.39, 0.29) is 22.8 Å². The number of aliphatic hydroxyl groups is 2. The first-order valence-electron chi connectivity index (χ1n) is 9.76. The second-order valence-corrected chi connectivity index (χ2v) is 10.1. The second kappa shape index (κ2) is 9.73. The van der Waals surface area contributed by atoms with Gasteiger partial charge in [0.05, 0.1) is 12.9 Å². The molecule has 0 amide bonds. The first-order valence-corrected chi connectivity index (χ1v) is 12.8. The Balaban J connectivity index is 1.57. The number of ether oxygens (including phenoxy) is 1. The molecule has 1 saturated heterocycles. The minimum atomic E-state index is -5.33. The van der Waals surface area contributed by atoms with Crippen LogP contribution in [-0.2, 0) is 22.7 Å². The predicted molar refractivity (Wildman–Crippen MR) is 117 cm³/mol. The number of hydrogen-bond donors (Lipinski definition) is 6. The number of nitrogen functional groups attached to an aromatic ring is 1. The van der Waals surface area contributed by atoms with Crippen molar-refractivity contribution in [1.29, 1.82) is 0 Å². The number of nitrogens with zero attached hydrogens (tertiary/aromatic N) is 4. The number of aromatic nitrogens is 4. The van der Waals surface area contributed by atoms with E-state index in [1.54, 1.807) is 12.1 Å². The number of imidazole rings is 1. The lowest BCUT2D eigenvalue weighted by molar-refractivity contribution is -0.0503. The molecule has 5 atom stereocenters. The van der Waals surface area contributed by atoms with Crippen LogP contribution in [-0.4, -0.2) is 69.3 Å². The summed E-state index contributed by atoms with van der Waals surface area (Å²) in [5, 5.41) is 20.8. The van der Waals surface area contributed by atoms with Crippen LogP contribution in [0, 0.1) is 11.8 Å². The molecule has 0 radical (unpaired) electrons. The van der Waals surface area contributed by atoms with Crippen molar-refractivity contribution < 1.29 is 47.6 Å². The third kappa shape index (κ3) is 5.92. The maximum atomic E-state index is 11.7. The van der Waals surface area contributed by atoms with Crippen LogP contribution < -0.4 is 5.73 Å². The van der Waals surface area contributed by atoms with Crippen LogP contribution in [0.25, 0.3) is 11.2 Å². The van der Waals surface area contributed by atoms with Crippen LogP contribution in [0.1, 0.15) is 17.6 Å². The highest BCUT2D eigenvalue weighted by atomic mass is 31.3. The van der Waals surface area contributed by atoms with Crippen molar-refractivity contribution in [1.82, 2.24) is 19.5 Å². The van der Waals surface area contributed by atoms with Crippen LogP contribution >= 0.6 is 15.6 Å². The summed E-state index contributed by atoms with van der Waals surface area (Å²) in [6.07, 6.45) is -4.62. The van der Waals surface area contributed by atoms with E-state index in [9.17, 15) is 24.2 Å². The van der Waals surface area contributed by atoms with Gasteiger partial charge in [-0.05, 0) is 18.1 Å². The number of phosphoric ester groups is 1. The first-order chi connectivity index (χ1) is 16.4. The molecule has 1 aliphatic heterocycles. The lowest BCUT2D eigenvalue weighted by Crippen LogP contribution is -2.33. The van der Waals surface area contributed by atoms with E-state index in [0.717, 1.165) is 0 Å². The van der Waals surface area contributed by atoms with Crippen molar-refractivity contribution in [2.75, 3.05) is 12.3 Å². The molecule has 7 N–H and O–H groups in total. The molecule has 1 fully saturated rings. The third-order valence-electron chi connectivity index (χ3n) is 4.76. The Morgan fingerprint density at radius 2 is 1.80 bits per heavy atom. The molecule has 1 aliphatic rings. The Kier molecular flexibility index (Phi) is 7.05. The first kappa shape index (κ1) is 25.4. The predicted octanol–water partition coefficient (Wildman–Crippen LogP) is -0.346. The molecular weight excluding hydrogens is 508 g/mol. The molecule has 3 aromatic rings. The number of phosphoric acid groups is 2. The van der Waals surface area contributed by atoms with Gasteiger partial charge in [-0.15, -0.1) is 0 Å². The summed E-state index contributed by atoms with van der Waals surface area (Å²) in [7, 11) is -10.5. The van der Waals surface area contributed by atoms with Gasteiger partial charge in [0.2, 0.25) is 5.82 Å². The molecule has 2 aromatic heterocycles. The van der Waals surface area contributed by atoms with Gasteiger partial charge < -0.3 is 35.4 Å². The van der Waals surface area contributed by atoms with Gasteiger partial charge in [0, 0.05) is 5.56 Å². The van der Waals surface area contributed by atoms with Gasteiger partial charge in [-0.3, -0.25) is 9.09 Å². The van der Waals surface area contributed by atoms with E-state index >= 15 is 0 Å². The highest BCUT2D eigenvalue weighted by molar-refractivity contribution is 7.60. The lowest BCUT2D eigenvalue weighted by Gasteiger charge is -2.17. The number of aliphatic hydroxyl groups excluding tert-OH is 2. The molecule has 35 heavy (non-hydrogen) atoms. The van der Waals surface area contributed by atoms with Crippen molar-refractivity contribution >= 4 is 32.6 Å². The minimum absolute atomic E-state index is 0.00911. The molecule has 17 heteroatoms. The van der Waals surface area contributed by atoms with Crippen LogP contribution in [0.15, 0.2) is 36.7 Å². The summed E-state index contributed by atoms with van der Waals surface area (Å²) in [5.41, 5.74) is 6.99. The van der Waals surface area contributed by atoms with Gasteiger partial charge >= 0.3 is 15.6 Å². The topological polar surface area (TPSA) is 233 Å². The number of hydrogen-bond acceptors (Lipinski definition) is 11. The Hall–Kier alpha value is -2.73. The van der Waals surface area contributed by atoms with Gasteiger partial charge in [-0.1, -0.05) is 24.1 Å². The molecule has 0 bridgehead atoms. The fourth-order valence-electron chi connectivity index (χ4n) is 3.25. The molecule has 4 rings (SSSR count). The summed E-state index contributed by atoms with van der Waals surface area (Å²) in [4.78, 5) is 39.3. The zero-order valence-corrected chi connectivity index (χ0v) is 19.3. The van der Waals surface area contributed by atoms with Gasteiger partial charge in [0.1, 0.15) is 23.8 Å². The van der Waals surface area contributed by atoms with Crippen LogP contribution in [0.4, 0.5) is 5.82 Å². The summed E-state index contributed by atoms with van der Waals surface area (Å²) in [5.74, 6) is 5.74. The second-order valence-electron chi connectivity index (χ2n) is 7.26. The number of benzene rings is 1. The number of anilines is 1. The van der Waals surface area contributed by atoms with Crippen molar-refractivity contribution in [3.05, 3.63) is 48.0 Å². The molecular formula is C18H19N5O10P2. The maximum Gasteiger partial charge on any atom is 0.481 e. The van der Waals surface area contributed by atoms with E-state index in [4.69, 9.17) is 20.3 Å². The Morgan fingerprint density at radius 1 is 1.09 bits per heavy atom. The van der Waals surface area contributed by atoms with Gasteiger partial charge in [0.25, 0.3) is 0 Å².